The van der Waals surface area contributed by atoms with Crippen molar-refractivity contribution in [3.63, 3.8) is 0 Å². The minimum atomic E-state index is 0. The third-order valence-corrected chi connectivity index (χ3v) is 4.58. The molecule has 0 saturated carbocycles. The second kappa shape index (κ2) is 8.89. The molecule has 1 heterocycles. The third kappa shape index (κ3) is 5.25. The Balaban J connectivity index is 0.00000200. The van der Waals surface area contributed by atoms with Crippen molar-refractivity contribution in [1.82, 2.24) is 10.2 Å². The molecule has 1 N–H and O–H groups in total. The van der Waals surface area contributed by atoms with E-state index in [0.29, 0.717) is 6.04 Å². The summed E-state index contributed by atoms with van der Waals surface area (Å²) in [6.07, 6.45) is 3.97. The van der Waals surface area contributed by atoms with Gasteiger partial charge < -0.3 is 5.32 Å². The Morgan fingerprint density at radius 2 is 2.05 bits per heavy atom. The van der Waals surface area contributed by atoms with Crippen molar-refractivity contribution < 1.29 is 0 Å². The van der Waals surface area contributed by atoms with Gasteiger partial charge in [0.2, 0.25) is 0 Å². The lowest BCUT2D eigenvalue weighted by atomic mass is 9.94. The maximum Gasteiger partial charge on any atom is 0.0409 e. The number of benzene rings is 1. The van der Waals surface area contributed by atoms with Gasteiger partial charge in [0.25, 0.3) is 0 Å². The first-order chi connectivity index (χ1) is 9.16. The first-order valence-electron chi connectivity index (χ1n) is 7.33. The average Bonchev–Trinajstić information content (AvgIpc) is 2.45. The molecule has 0 radical (unpaired) electrons. The van der Waals surface area contributed by atoms with Crippen molar-refractivity contribution in [3.8, 4) is 0 Å². The van der Waals surface area contributed by atoms with Gasteiger partial charge in [0, 0.05) is 11.1 Å². The van der Waals surface area contributed by atoms with Gasteiger partial charge in [-0.15, -0.1) is 12.4 Å². The van der Waals surface area contributed by atoms with Crippen molar-refractivity contribution in [2.24, 2.45) is 5.92 Å². The molecule has 0 aromatic heterocycles. The highest BCUT2D eigenvalue weighted by molar-refractivity contribution is 6.30. The fourth-order valence-electron chi connectivity index (χ4n) is 2.77. The van der Waals surface area contributed by atoms with Crippen LogP contribution in [-0.2, 0) is 0 Å². The van der Waals surface area contributed by atoms with E-state index in [1.165, 1.54) is 44.5 Å². The summed E-state index contributed by atoms with van der Waals surface area (Å²) in [4.78, 5) is 2.44. The zero-order chi connectivity index (χ0) is 13.7. The van der Waals surface area contributed by atoms with Crippen LogP contribution in [0.15, 0.2) is 24.3 Å². The molecule has 114 valence electrons. The van der Waals surface area contributed by atoms with Crippen LogP contribution in [0.4, 0.5) is 0 Å². The molecule has 0 aliphatic carbocycles. The van der Waals surface area contributed by atoms with Crippen molar-refractivity contribution >= 4 is 24.0 Å². The Labute approximate surface area is 134 Å². The second-order valence-electron chi connectivity index (χ2n) is 5.69. The zero-order valence-electron chi connectivity index (χ0n) is 12.4. The standard InChI is InChI=1S/C16H25ClN2.ClH/c1-13(15-4-3-5-16(17)12-15)19(2)11-8-14-6-9-18-10-7-14;/h3-5,12-14,18H,6-11H2,1-2H3;1H. The highest BCUT2D eigenvalue weighted by Gasteiger charge is 2.16. The molecule has 1 aromatic rings. The molecule has 0 amide bonds. The molecular formula is C16H26Cl2N2. The maximum atomic E-state index is 6.07. The third-order valence-electron chi connectivity index (χ3n) is 4.34. The van der Waals surface area contributed by atoms with Crippen LogP contribution in [-0.4, -0.2) is 31.6 Å². The Kier molecular flexibility index (Phi) is 7.90. The summed E-state index contributed by atoms with van der Waals surface area (Å²) >= 11 is 6.07. The van der Waals surface area contributed by atoms with Crippen LogP contribution >= 0.6 is 24.0 Å². The number of halogens is 2. The Morgan fingerprint density at radius 3 is 2.70 bits per heavy atom. The summed E-state index contributed by atoms with van der Waals surface area (Å²) < 4.78 is 0. The predicted molar refractivity (Wildman–Crippen MR) is 90.0 cm³/mol. The van der Waals surface area contributed by atoms with Crippen molar-refractivity contribution in [3.05, 3.63) is 34.9 Å². The highest BCUT2D eigenvalue weighted by Crippen LogP contribution is 2.23. The van der Waals surface area contributed by atoms with E-state index in [1.807, 2.05) is 12.1 Å². The molecule has 1 unspecified atom stereocenters. The fraction of sp³-hybridized carbons (Fsp3) is 0.625. The summed E-state index contributed by atoms with van der Waals surface area (Å²) in [6.45, 7) is 5.81. The van der Waals surface area contributed by atoms with E-state index < -0.39 is 0 Å². The summed E-state index contributed by atoms with van der Waals surface area (Å²) in [6, 6.07) is 8.65. The molecule has 2 rings (SSSR count). The molecule has 1 fully saturated rings. The lowest BCUT2D eigenvalue weighted by molar-refractivity contribution is 0.226. The van der Waals surface area contributed by atoms with E-state index in [4.69, 9.17) is 11.6 Å². The van der Waals surface area contributed by atoms with Gasteiger partial charge in [-0.05, 0) is 76.5 Å². The fourth-order valence-corrected chi connectivity index (χ4v) is 2.97. The molecule has 1 saturated heterocycles. The topological polar surface area (TPSA) is 15.3 Å². The van der Waals surface area contributed by atoms with Crippen LogP contribution in [0.3, 0.4) is 0 Å². The number of nitrogens with zero attached hydrogens (tertiary/aromatic N) is 1. The minimum Gasteiger partial charge on any atom is -0.317 e. The Morgan fingerprint density at radius 1 is 1.35 bits per heavy atom. The van der Waals surface area contributed by atoms with Gasteiger partial charge in [-0.3, -0.25) is 4.90 Å². The molecule has 1 aromatic carbocycles. The van der Waals surface area contributed by atoms with Gasteiger partial charge >= 0.3 is 0 Å². The molecule has 0 bridgehead atoms. The molecular weight excluding hydrogens is 291 g/mol. The monoisotopic (exact) mass is 316 g/mol. The molecule has 1 aliphatic rings. The maximum absolute atomic E-state index is 6.07. The van der Waals surface area contributed by atoms with Crippen LogP contribution < -0.4 is 5.32 Å². The van der Waals surface area contributed by atoms with E-state index in [2.05, 4.69) is 36.3 Å². The Bertz CT molecular complexity index is 392. The molecule has 2 nitrogen and oxygen atoms in total. The molecule has 20 heavy (non-hydrogen) atoms. The average molecular weight is 317 g/mol. The first-order valence-corrected chi connectivity index (χ1v) is 7.71. The van der Waals surface area contributed by atoms with Crippen LogP contribution in [0.25, 0.3) is 0 Å². The van der Waals surface area contributed by atoms with Gasteiger partial charge in [0.15, 0.2) is 0 Å². The summed E-state index contributed by atoms with van der Waals surface area (Å²) in [7, 11) is 2.21. The van der Waals surface area contributed by atoms with Crippen LogP contribution in [0.1, 0.15) is 37.8 Å². The summed E-state index contributed by atoms with van der Waals surface area (Å²) in [5, 5.41) is 4.26. The normalized spacial score (nSPS) is 17.8. The molecule has 1 aliphatic heterocycles. The van der Waals surface area contributed by atoms with E-state index in [9.17, 15) is 0 Å². The highest BCUT2D eigenvalue weighted by atomic mass is 35.5. The molecule has 1 atom stereocenters. The second-order valence-corrected chi connectivity index (χ2v) is 6.13. The van der Waals surface area contributed by atoms with Gasteiger partial charge in [0.05, 0.1) is 0 Å². The van der Waals surface area contributed by atoms with E-state index in [-0.39, 0.29) is 12.4 Å². The van der Waals surface area contributed by atoms with Gasteiger partial charge in [0.1, 0.15) is 0 Å². The van der Waals surface area contributed by atoms with Crippen LogP contribution in [0.2, 0.25) is 5.02 Å². The van der Waals surface area contributed by atoms with Gasteiger partial charge in [-0.2, -0.15) is 0 Å². The van der Waals surface area contributed by atoms with Crippen LogP contribution in [0.5, 0.6) is 0 Å². The van der Waals surface area contributed by atoms with E-state index in [1.54, 1.807) is 0 Å². The zero-order valence-corrected chi connectivity index (χ0v) is 14.0. The van der Waals surface area contributed by atoms with E-state index in [0.717, 1.165) is 10.9 Å². The lowest BCUT2D eigenvalue weighted by Crippen LogP contribution is -2.31. The predicted octanol–water partition coefficient (Wildman–Crippen LogP) is 4.14. The van der Waals surface area contributed by atoms with Gasteiger partial charge in [-0.25, -0.2) is 0 Å². The lowest BCUT2D eigenvalue weighted by Gasteiger charge is -2.29. The smallest absolute Gasteiger partial charge is 0.0409 e. The SMILES string of the molecule is CC(c1cccc(Cl)c1)N(C)CCC1CCNCC1.Cl. The largest absolute Gasteiger partial charge is 0.317 e. The number of piperidine rings is 1. The quantitative estimate of drug-likeness (QED) is 0.878. The summed E-state index contributed by atoms with van der Waals surface area (Å²) in [5.41, 5.74) is 1.31. The van der Waals surface area contributed by atoms with Crippen LogP contribution in [0, 0.1) is 5.92 Å². The van der Waals surface area contributed by atoms with Gasteiger partial charge in [-0.1, -0.05) is 23.7 Å². The van der Waals surface area contributed by atoms with E-state index >= 15 is 0 Å². The Hall–Kier alpha value is -0.280. The van der Waals surface area contributed by atoms with Crippen molar-refractivity contribution in [1.29, 1.82) is 0 Å². The number of hydrogen-bond acceptors (Lipinski definition) is 2. The number of nitrogens with one attached hydrogen (secondary N) is 1. The van der Waals surface area contributed by atoms with Crippen molar-refractivity contribution in [2.75, 3.05) is 26.7 Å². The molecule has 4 heteroatoms. The minimum absolute atomic E-state index is 0. The number of rotatable bonds is 5. The summed E-state index contributed by atoms with van der Waals surface area (Å²) in [5.74, 6) is 0.898. The molecule has 0 spiro atoms. The first kappa shape index (κ1) is 17.8. The van der Waals surface area contributed by atoms with Crippen molar-refractivity contribution in [2.45, 2.75) is 32.2 Å². The number of hydrogen-bond donors (Lipinski definition) is 1.